The molecule has 0 aliphatic heterocycles. The van der Waals surface area contributed by atoms with Crippen LogP contribution in [0.25, 0.3) is 0 Å². The highest BCUT2D eigenvalue weighted by Gasteiger charge is 2.25. The lowest BCUT2D eigenvalue weighted by Gasteiger charge is -2.12. The fourth-order valence-electron chi connectivity index (χ4n) is 9.23. The van der Waals surface area contributed by atoms with Crippen molar-refractivity contribution in [1.29, 1.82) is 0 Å². The van der Waals surface area contributed by atoms with E-state index < -0.39 is 59.2 Å². The highest BCUT2D eigenvalue weighted by atomic mass is 35.5. The summed E-state index contributed by atoms with van der Waals surface area (Å²) in [5.74, 6) is -5.18. The van der Waals surface area contributed by atoms with Gasteiger partial charge in [-0.2, -0.15) is 0 Å². The Labute approximate surface area is 523 Å². The molecule has 0 bridgehead atoms. The van der Waals surface area contributed by atoms with E-state index in [-0.39, 0.29) is 95.0 Å². The number of aryl methyl sites for hydroxylation is 7. The molecule has 1 atom stereocenters. The Morgan fingerprint density at radius 3 is 1.33 bits per heavy atom. The summed E-state index contributed by atoms with van der Waals surface area (Å²) in [5, 5.41) is 29.2. The molecule has 0 radical (unpaired) electrons. The number of nitrogens with zero attached hydrogens (tertiary/aromatic N) is 10. The molecule has 0 saturated carbocycles. The van der Waals surface area contributed by atoms with Crippen molar-refractivity contribution < 1.29 is 47.9 Å². The van der Waals surface area contributed by atoms with Crippen molar-refractivity contribution in [2.75, 3.05) is 77.5 Å². The number of hydrogen-bond acceptors (Lipinski definition) is 15. The number of amides is 10. The molecule has 0 fully saturated rings. The second kappa shape index (κ2) is 28.5. The standard InChI is InChI=1S/C57H68ClN21O10S/c1-72(2)17-10-14-60-45(80)12-16-61-50(82)38-19-32(25-73(38)3)64-52(84)40-23-35(28-75(40)5)67-57(89)48-69-44(30-79(48)9)71-53(85)41-20-31(24-76(41)6)63-49(81)37(59)11-15-62-56(88)47-68-43(29-78(47)8)70-54(86)42-21-33(26-77(42)7)65-51(83)39-22-34(27-74(39)4)66-55(87)46-36(58)13-18-90-46/h13,18-30,37H,10-12,14-17,59H2,1-9H3,(H,60,80)(H,61,82)(H,62,88)(H,63,81)(H,64,84)(H,65,83)(H,66,87)(H,67,89)(H,70,86)(H,71,85)/t37-/m1/s1. The molecule has 33 heteroatoms. The maximum Gasteiger partial charge on any atom is 0.291 e. The summed E-state index contributed by atoms with van der Waals surface area (Å²) >= 11 is 7.27. The van der Waals surface area contributed by atoms with Crippen LogP contribution in [0.1, 0.15) is 103 Å². The SMILES string of the molecule is CN(C)CCCNC(=O)CCNC(=O)c1cc(NC(=O)c2cc(NC(=O)c3nc(NC(=O)c4cc(NC(=O)[C@H](N)CCNC(=O)c5nc(NC(=O)c6cc(NC(=O)c7cc(NC(=O)c8sccc8Cl)cn7C)cn6C)cn5C)cn4C)cn3C)cn2C)cn1C. The lowest BCUT2D eigenvalue weighted by molar-refractivity contribution is -0.121. The largest absolute Gasteiger partial charge is 0.356 e. The maximum atomic E-state index is 13.5. The summed E-state index contributed by atoms with van der Waals surface area (Å²) < 4.78 is 10.3. The van der Waals surface area contributed by atoms with Gasteiger partial charge < -0.3 is 95.8 Å². The second-order valence-electron chi connectivity index (χ2n) is 21.2. The molecule has 0 unspecified atom stereocenters. The van der Waals surface area contributed by atoms with Gasteiger partial charge in [0.1, 0.15) is 33.3 Å². The van der Waals surface area contributed by atoms with Crippen LogP contribution in [0.4, 0.5) is 40.1 Å². The molecule has 8 heterocycles. The summed E-state index contributed by atoms with van der Waals surface area (Å²) in [6.45, 7) is 1.46. The van der Waals surface area contributed by atoms with Crippen molar-refractivity contribution in [2.45, 2.75) is 25.3 Å². The normalized spacial score (nSPS) is 11.4. The third kappa shape index (κ3) is 16.3. The molecule has 8 aromatic heterocycles. The molecule has 0 spiro atoms. The van der Waals surface area contributed by atoms with E-state index in [4.69, 9.17) is 17.3 Å². The lowest BCUT2D eigenvalue weighted by Crippen LogP contribution is -2.39. The van der Waals surface area contributed by atoms with Gasteiger partial charge in [0.25, 0.3) is 47.3 Å². The minimum atomic E-state index is -1.10. The summed E-state index contributed by atoms with van der Waals surface area (Å²) in [5.41, 5.74) is 8.65. The van der Waals surface area contributed by atoms with Crippen LogP contribution in [0.5, 0.6) is 0 Å². The van der Waals surface area contributed by atoms with E-state index in [0.717, 1.165) is 13.0 Å². The Morgan fingerprint density at radius 2 is 0.889 bits per heavy atom. The van der Waals surface area contributed by atoms with Gasteiger partial charge in [-0.05, 0) is 75.3 Å². The number of carbonyl (C=O) groups excluding carboxylic acids is 10. The van der Waals surface area contributed by atoms with E-state index in [9.17, 15) is 47.9 Å². The van der Waals surface area contributed by atoms with Crippen LogP contribution in [0.3, 0.4) is 0 Å². The Bertz CT molecular complexity index is 4070. The third-order valence-corrected chi connectivity index (χ3v) is 15.1. The number of hydrogen-bond donors (Lipinski definition) is 11. The van der Waals surface area contributed by atoms with Crippen LogP contribution in [0.2, 0.25) is 5.02 Å². The van der Waals surface area contributed by atoms with Crippen molar-refractivity contribution in [2.24, 2.45) is 55.1 Å². The van der Waals surface area contributed by atoms with Crippen molar-refractivity contribution in [3.8, 4) is 0 Å². The van der Waals surface area contributed by atoms with Gasteiger partial charge in [-0.1, -0.05) is 11.6 Å². The van der Waals surface area contributed by atoms with Gasteiger partial charge in [0.2, 0.25) is 23.5 Å². The first-order valence-corrected chi connectivity index (χ1v) is 29.0. The molecular weight excluding hydrogens is 1210 g/mol. The number of thiophene rings is 1. The molecule has 0 aliphatic carbocycles. The minimum Gasteiger partial charge on any atom is -0.356 e. The Hall–Kier alpha value is -10.6. The van der Waals surface area contributed by atoms with Crippen molar-refractivity contribution in [1.82, 2.24) is 62.8 Å². The number of rotatable bonds is 26. The summed E-state index contributed by atoms with van der Waals surface area (Å²) in [6.07, 6.45) is 11.5. The van der Waals surface area contributed by atoms with Gasteiger partial charge in [-0.15, -0.1) is 11.3 Å². The van der Waals surface area contributed by atoms with E-state index in [1.54, 1.807) is 77.7 Å². The molecule has 31 nitrogen and oxygen atoms in total. The smallest absolute Gasteiger partial charge is 0.291 e. The molecule has 8 rings (SSSR count). The van der Waals surface area contributed by atoms with Crippen molar-refractivity contribution in [3.63, 3.8) is 0 Å². The zero-order valence-corrected chi connectivity index (χ0v) is 52.1. The number of nitrogens with two attached hydrogens (primary N) is 1. The first-order chi connectivity index (χ1) is 42.7. The number of aromatic nitrogens is 9. The lowest BCUT2D eigenvalue weighted by atomic mass is 10.2. The minimum absolute atomic E-state index is 0.00244. The van der Waals surface area contributed by atoms with Crippen LogP contribution in [-0.4, -0.2) is 152 Å². The quantitative estimate of drug-likeness (QED) is 0.0347. The fourth-order valence-corrected chi connectivity index (χ4v) is 10.3. The number of halogens is 1. The van der Waals surface area contributed by atoms with Crippen molar-refractivity contribution in [3.05, 3.63) is 135 Å². The topological polar surface area (TPSA) is 381 Å². The second-order valence-corrected chi connectivity index (χ2v) is 22.5. The molecule has 12 N–H and O–H groups in total. The highest BCUT2D eigenvalue weighted by Crippen LogP contribution is 2.26. The zero-order valence-electron chi connectivity index (χ0n) is 50.5. The summed E-state index contributed by atoms with van der Waals surface area (Å²) in [6, 6.07) is 7.85. The summed E-state index contributed by atoms with van der Waals surface area (Å²) in [7, 11) is 15.1. The number of nitrogens with one attached hydrogen (secondary N) is 10. The van der Waals surface area contributed by atoms with E-state index in [0.29, 0.717) is 33.5 Å². The van der Waals surface area contributed by atoms with Crippen LogP contribution < -0.4 is 58.9 Å². The van der Waals surface area contributed by atoms with Crippen LogP contribution >= 0.6 is 22.9 Å². The molecular formula is C57H68ClN21O10S. The van der Waals surface area contributed by atoms with Crippen LogP contribution in [0.15, 0.2) is 85.2 Å². The molecule has 474 valence electrons. The number of imidazole rings is 2. The Morgan fingerprint density at radius 1 is 0.489 bits per heavy atom. The van der Waals surface area contributed by atoms with Gasteiger partial charge in [0.15, 0.2) is 11.6 Å². The van der Waals surface area contributed by atoms with Gasteiger partial charge in [-0.25, -0.2) is 9.97 Å². The Kier molecular flexibility index (Phi) is 20.7. The first-order valence-electron chi connectivity index (χ1n) is 27.8. The Balaban J connectivity index is 0.758. The van der Waals surface area contributed by atoms with Crippen LogP contribution in [-0.2, 0) is 58.9 Å². The van der Waals surface area contributed by atoms with Crippen molar-refractivity contribution >= 4 is 122 Å². The highest BCUT2D eigenvalue weighted by molar-refractivity contribution is 7.12. The fraction of sp³-hybridized carbons (Fsp3) is 0.298. The predicted molar refractivity (Wildman–Crippen MR) is 337 cm³/mol. The molecule has 90 heavy (non-hydrogen) atoms. The van der Waals surface area contributed by atoms with Gasteiger partial charge in [0.05, 0.1) is 39.5 Å². The van der Waals surface area contributed by atoms with E-state index in [1.807, 2.05) is 19.0 Å². The zero-order chi connectivity index (χ0) is 65.2. The van der Waals surface area contributed by atoms with Crippen LogP contribution in [0, 0.1) is 0 Å². The monoisotopic (exact) mass is 1270 g/mol. The molecule has 10 amide bonds. The van der Waals surface area contributed by atoms with E-state index in [2.05, 4.69) is 63.1 Å². The van der Waals surface area contributed by atoms with Gasteiger partial charge in [-0.3, -0.25) is 47.9 Å². The molecule has 0 aliphatic rings. The molecule has 8 aromatic rings. The average molecular weight is 1270 g/mol. The van der Waals surface area contributed by atoms with E-state index >= 15 is 0 Å². The predicted octanol–water partition coefficient (Wildman–Crippen LogP) is 3.35. The van der Waals surface area contributed by atoms with Gasteiger partial charge >= 0.3 is 0 Å². The molecule has 0 aromatic carbocycles. The van der Waals surface area contributed by atoms with Gasteiger partial charge in [0, 0.05) is 119 Å². The molecule has 0 saturated heterocycles. The maximum absolute atomic E-state index is 13.5. The summed E-state index contributed by atoms with van der Waals surface area (Å²) in [4.78, 5) is 142. The first kappa shape index (κ1) is 65.4. The third-order valence-electron chi connectivity index (χ3n) is 13.8. The number of carbonyl (C=O) groups is 10. The number of anilines is 7. The van der Waals surface area contributed by atoms with E-state index in [1.165, 1.54) is 100 Å². The average Bonchev–Trinajstić information content (AvgIpc) is 2.82.